The third-order valence-electron chi connectivity index (χ3n) is 3.17. The highest BCUT2D eigenvalue weighted by Crippen LogP contribution is 2.33. The molecule has 20 heavy (non-hydrogen) atoms. The van der Waals surface area contributed by atoms with E-state index >= 15 is 0 Å². The van der Waals surface area contributed by atoms with Crippen molar-refractivity contribution in [1.29, 1.82) is 0 Å². The highest BCUT2D eigenvalue weighted by molar-refractivity contribution is 5.91. The van der Waals surface area contributed by atoms with Gasteiger partial charge in [-0.1, -0.05) is 0 Å². The first-order chi connectivity index (χ1) is 9.46. The van der Waals surface area contributed by atoms with Crippen molar-refractivity contribution in [2.45, 2.75) is 6.42 Å². The number of ether oxygens (including phenoxy) is 4. The van der Waals surface area contributed by atoms with Gasteiger partial charge in [-0.15, -0.1) is 0 Å². The van der Waals surface area contributed by atoms with E-state index in [0.29, 0.717) is 0 Å². The molecule has 3 atom stereocenters. The van der Waals surface area contributed by atoms with Crippen LogP contribution in [0.1, 0.15) is 6.42 Å². The fourth-order valence-corrected chi connectivity index (χ4v) is 2.12. The Bertz CT molecular complexity index is 416. The summed E-state index contributed by atoms with van der Waals surface area (Å²) in [6.07, 6.45) is -0.379. The number of hydrogen-bond acceptors (Lipinski definition) is 8. The second kappa shape index (κ2) is 6.88. The first-order valence-corrected chi connectivity index (χ1v) is 5.85. The molecule has 1 heterocycles. The van der Waals surface area contributed by atoms with Gasteiger partial charge in [-0.3, -0.25) is 19.2 Å². The first kappa shape index (κ1) is 15.9. The Kier molecular flexibility index (Phi) is 5.48. The number of methoxy groups -OCH3 is 3. The van der Waals surface area contributed by atoms with Gasteiger partial charge in [-0.05, 0) is 0 Å². The van der Waals surface area contributed by atoms with Gasteiger partial charge >= 0.3 is 23.9 Å². The molecule has 1 aliphatic rings. The van der Waals surface area contributed by atoms with Crippen molar-refractivity contribution in [3.05, 3.63) is 0 Å². The monoisotopic (exact) mass is 288 g/mol. The van der Waals surface area contributed by atoms with Gasteiger partial charge in [0.1, 0.15) is 12.5 Å². The minimum Gasteiger partial charge on any atom is -0.469 e. The second-order valence-corrected chi connectivity index (χ2v) is 4.20. The maximum atomic E-state index is 11.8. The summed E-state index contributed by atoms with van der Waals surface area (Å²) in [5.74, 6) is -6.10. The fraction of sp³-hybridized carbons (Fsp3) is 0.667. The van der Waals surface area contributed by atoms with Crippen LogP contribution in [0.2, 0.25) is 0 Å². The minimum absolute atomic E-state index is 0.190. The SMILES string of the molecule is COC(=O)CC(C(=O)OC)C1C(=O)OCC1C(=O)OC. The molecule has 3 unspecified atom stereocenters. The first-order valence-electron chi connectivity index (χ1n) is 5.85. The molecule has 0 spiro atoms. The normalized spacial score (nSPS) is 22.6. The lowest BCUT2D eigenvalue weighted by Gasteiger charge is -2.20. The van der Waals surface area contributed by atoms with E-state index in [9.17, 15) is 19.2 Å². The molecule has 1 rings (SSSR count). The predicted octanol–water partition coefficient (Wildman–Crippen LogP) is -0.699. The van der Waals surface area contributed by atoms with Crippen LogP contribution in [0.15, 0.2) is 0 Å². The number of carbonyl (C=O) groups excluding carboxylic acids is 4. The molecule has 0 amide bonds. The molecular formula is C12H16O8. The summed E-state index contributed by atoms with van der Waals surface area (Å²) in [5, 5.41) is 0. The second-order valence-electron chi connectivity index (χ2n) is 4.20. The van der Waals surface area contributed by atoms with Gasteiger partial charge < -0.3 is 18.9 Å². The maximum Gasteiger partial charge on any atom is 0.313 e. The minimum atomic E-state index is -1.15. The van der Waals surface area contributed by atoms with Crippen LogP contribution in [0, 0.1) is 17.8 Å². The third-order valence-corrected chi connectivity index (χ3v) is 3.17. The van der Waals surface area contributed by atoms with Gasteiger partial charge in [-0.25, -0.2) is 0 Å². The standard InChI is InChI=1S/C12H16O8/c1-17-8(13)4-6(10(14)18-2)9-7(11(15)19-3)5-20-12(9)16/h6-7,9H,4-5H2,1-3H3. The van der Waals surface area contributed by atoms with Crippen LogP contribution < -0.4 is 0 Å². The molecule has 0 saturated carbocycles. The van der Waals surface area contributed by atoms with Crippen LogP contribution in [0.4, 0.5) is 0 Å². The van der Waals surface area contributed by atoms with Gasteiger partial charge in [0.25, 0.3) is 0 Å². The fourth-order valence-electron chi connectivity index (χ4n) is 2.12. The van der Waals surface area contributed by atoms with Crippen molar-refractivity contribution in [3.63, 3.8) is 0 Å². The molecular weight excluding hydrogens is 272 g/mol. The van der Waals surface area contributed by atoms with Crippen LogP contribution >= 0.6 is 0 Å². The van der Waals surface area contributed by atoms with E-state index in [0.717, 1.165) is 21.3 Å². The Labute approximate surface area is 115 Å². The third kappa shape index (κ3) is 3.25. The smallest absolute Gasteiger partial charge is 0.313 e. The Morgan fingerprint density at radius 1 is 1.20 bits per heavy atom. The summed E-state index contributed by atoms with van der Waals surface area (Å²) in [5.41, 5.74) is 0. The van der Waals surface area contributed by atoms with E-state index in [4.69, 9.17) is 4.74 Å². The molecule has 8 heteroatoms. The van der Waals surface area contributed by atoms with E-state index in [2.05, 4.69) is 14.2 Å². The molecule has 0 aromatic rings. The number of rotatable bonds is 5. The number of cyclic esters (lactones) is 1. The van der Waals surface area contributed by atoms with Gasteiger partial charge in [-0.2, -0.15) is 0 Å². The Morgan fingerprint density at radius 2 is 1.85 bits per heavy atom. The lowest BCUT2D eigenvalue weighted by atomic mass is 9.81. The van der Waals surface area contributed by atoms with Crippen LogP contribution in [-0.4, -0.2) is 51.8 Å². The molecule has 0 N–H and O–H groups in total. The molecule has 8 nitrogen and oxygen atoms in total. The van der Waals surface area contributed by atoms with Crippen molar-refractivity contribution in [1.82, 2.24) is 0 Å². The number of esters is 4. The van der Waals surface area contributed by atoms with Crippen molar-refractivity contribution < 1.29 is 38.1 Å². The highest BCUT2D eigenvalue weighted by atomic mass is 16.6. The molecule has 0 aliphatic carbocycles. The van der Waals surface area contributed by atoms with Gasteiger partial charge in [0.15, 0.2) is 0 Å². The summed E-state index contributed by atoms with van der Waals surface area (Å²) in [6.45, 7) is -0.190. The maximum absolute atomic E-state index is 11.8. The van der Waals surface area contributed by atoms with Crippen LogP contribution in [0.25, 0.3) is 0 Å². The average Bonchev–Trinajstić information content (AvgIpc) is 2.84. The van der Waals surface area contributed by atoms with Gasteiger partial charge in [0.05, 0.1) is 39.6 Å². The van der Waals surface area contributed by atoms with Crippen molar-refractivity contribution >= 4 is 23.9 Å². The van der Waals surface area contributed by atoms with Crippen molar-refractivity contribution in [3.8, 4) is 0 Å². The van der Waals surface area contributed by atoms with Crippen LogP contribution in [-0.2, 0) is 38.1 Å². The molecule has 1 aliphatic heterocycles. The van der Waals surface area contributed by atoms with Gasteiger partial charge in [0, 0.05) is 0 Å². The number of carbonyl (C=O) groups is 4. The summed E-state index contributed by atoms with van der Waals surface area (Å²) in [4.78, 5) is 46.5. The topological polar surface area (TPSA) is 105 Å². The zero-order valence-corrected chi connectivity index (χ0v) is 11.4. The van der Waals surface area contributed by atoms with E-state index in [-0.39, 0.29) is 13.0 Å². The van der Waals surface area contributed by atoms with Crippen molar-refractivity contribution in [2.24, 2.45) is 17.8 Å². The molecule has 0 aromatic carbocycles. The zero-order valence-electron chi connectivity index (χ0n) is 11.4. The quantitative estimate of drug-likeness (QED) is 0.483. The zero-order chi connectivity index (χ0) is 15.3. The average molecular weight is 288 g/mol. The molecule has 1 saturated heterocycles. The summed E-state index contributed by atoms with van der Waals surface area (Å²) >= 11 is 0. The Hall–Kier alpha value is -2.12. The van der Waals surface area contributed by atoms with E-state index in [1.165, 1.54) is 0 Å². The van der Waals surface area contributed by atoms with Gasteiger partial charge in [0.2, 0.25) is 0 Å². The summed E-state index contributed by atoms with van der Waals surface area (Å²) in [7, 11) is 3.44. The predicted molar refractivity (Wildman–Crippen MR) is 62.1 cm³/mol. The largest absolute Gasteiger partial charge is 0.469 e. The van der Waals surface area contributed by atoms with E-state index in [1.807, 2.05) is 0 Å². The Morgan fingerprint density at radius 3 is 2.35 bits per heavy atom. The van der Waals surface area contributed by atoms with Crippen LogP contribution in [0.5, 0.6) is 0 Å². The molecule has 0 aromatic heterocycles. The lowest BCUT2D eigenvalue weighted by Crippen LogP contribution is -2.37. The molecule has 112 valence electrons. The lowest BCUT2D eigenvalue weighted by molar-refractivity contribution is -0.160. The highest BCUT2D eigenvalue weighted by Gasteiger charge is 2.50. The molecule has 0 bridgehead atoms. The Balaban J connectivity index is 3.02. The molecule has 0 radical (unpaired) electrons. The van der Waals surface area contributed by atoms with E-state index < -0.39 is 41.6 Å². The summed E-state index contributed by atoms with van der Waals surface area (Å²) < 4.78 is 18.4. The molecule has 1 fully saturated rings. The van der Waals surface area contributed by atoms with Crippen molar-refractivity contribution in [2.75, 3.05) is 27.9 Å². The van der Waals surface area contributed by atoms with E-state index in [1.54, 1.807) is 0 Å². The summed E-state index contributed by atoms with van der Waals surface area (Å²) in [6, 6.07) is 0. The van der Waals surface area contributed by atoms with Crippen LogP contribution in [0.3, 0.4) is 0 Å². The number of hydrogen-bond donors (Lipinski definition) is 0.